The Morgan fingerprint density at radius 2 is 1.89 bits per heavy atom. The van der Waals surface area contributed by atoms with Crippen molar-refractivity contribution in [2.24, 2.45) is 0 Å². The lowest BCUT2D eigenvalue weighted by Gasteiger charge is -2.17. The summed E-state index contributed by atoms with van der Waals surface area (Å²) in [5.41, 5.74) is 1.46. The fraction of sp³-hybridized carbons (Fsp3) is 0.316. The summed E-state index contributed by atoms with van der Waals surface area (Å²) in [5, 5.41) is 5.26. The first-order valence-corrected chi connectivity index (χ1v) is 8.88. The van der Waals surface area contributed by atoms with E-state index in [9.17, 15) is 9.59 Å². The van der Waals surface area contributed by atoms with Gasteiger partial charge in [0.1, 0.15) is 5.82 Å². The minimum Gasteiger partial charge on any atom is -0.454 e. The number of benzene rings is 1. The second kappa shape index (κ2) is 7.53. The van der Waals surface area contributed by atoms with Crippen molar-refractivity contribution in [2.45, 2.75) is 12.8 Å². The summed E-state index contributed by atoms with van der Waals surface area (Å²) in [6, 6.07) is 8.60. The molecule has 0 spiro atoms. The molecule has 0 unspecified atom stereocenters. The van der Waals surface area contributed by atoms with E-state index < -0.39 is 0 Å². The maximum absolute atomic E-state index is 12.2. The van der Waals surface area contributed by atoms with Gasteiger partial charge in [-0.2, -0.15) is 0 Å². The van der Waals surface area contributed by atoms with Crippen LogP contribution >= 0.6 is 0 Å². The molecule has 2 aromatic rings. The average molecular weight is 368 g/mol. The number of hydrogen-bond donors (Lipinski definition) is 2. The van der Waals surface area contributed by atoms with Crippen LogP contribution in [0.4, 0.5) is 11.5 Å². The van der Waals surface area contributed by atoms with Crippen LogP contribution in [0.3, 0.4) is 0 Å². The number of pyridine rings is 1. The Kier molecular flexibility index (Phi) is 4.78. The highest BCUT2D eigenvalue weighted by Crippen LogP contribution is 2.32. The highest BCUT2D eigenvalue weighted by atomic mass is 16.7. The highest BCUT2D eigenvalue weighted by Gasteiger charge is 2.17. The fourth-order valence-corrected chi connectivity index (χ4v) is 3.11. The highest BCUT2D eigenvalue weighted by molar-refractivity contribution is 5.99. The Bertz CT molecular complexity index is 847. The zero-order valence-electron chi connectivity index (χ0n) is 14.7. The third-order valence-corrected chi connectivity index (χ3v) is 4.53. The van der Waals surface area contributed by atoms with E-state index in [2.05, 4.69) is 20.5 Å². The van der Waals surface area contributed by atoms with Crippen LogP contribution in [0.5, 0.6) is 11.5 Å². The van der Waals surface area contributed by atoms with E-state index in [1.807, 2.05) is 6.07 Å². The fourth-order valence-electron chi connectivity index (χ4n) is 3.11. The minimum atomic E-state index is -0.360. The zero-order valence-corrected chi connectivity index (χ0v) is 14.7. The van der Waals surface area contributed by atoms with Crippen LogP contribution in [0.25, 0.3) is 0 Å². The molecule has 140 valence electrons. The molecule has 2 N–H and O–H groups in total. The summed E-state index contributed by atoms with van der Waals surface area (Å²) in [6.07, 6.45) is 4.15. The standard InChI is InChI=1S/C19H20N4O4/c24-18(22-17-6-4-14(10-20-17)23-7-1-2-8-23)11-21-19(25)13-3-5-15-16(9-13)27-12-26-15/h3-6,9-10H,1-2,7-8,11-12H2,(H,21,25)(H,20,22,24). The van der Waals surface area contributed by atoms with Crippen LogP contribution in [0.2, 0.25) is 0 Å². The Hall–Kier alpha value is -3.29. The number of nitrogens with zero attached hydrogens (tertiary/aromatic N) is 2. The van der Waals surface area contributed by atoms with E-state index in [1.54, 1.807) is 30.5 Å². The van der Waals surface area contributed by atoms with Crippen LogP contribution in [0.1, 0.15) is 23.2 Å². The number of aromatic nitrogens is 1. The molecule has 0 atom stereocenters. The van der Waals surface area contributed by atoms with Crippen molar-refractivity contribution in [2.75, 3.05) is 36.6 Å². The predicted octanol–water partition coefficient (Wildman–Crippen LogP) is 1.78. The second-order valence-electron chi connectivity index (χ2n) is 6.39. The number of amides is 2. The molecule has 1 aromatic heterocycles. The molecule has 8 heteroatoms. The first-order chi connectivity index (χ1) is 13.2. The smallest absolute Gasteiger partial charge is 0.251 e. The first kappa shape index (κ1) is 17.1. The number of carbonyl (C=O) groups is 2. The summed E-state index contributed by atoms with van der Waals surface area (Å²) >= 11 is 0. The van der Waals surface area contributed by atoms with Crippen LogP contribution in [0.15, 0.2) is 36.5 Å². The van der Waals surface area contributed by atoms with Crippen molar-refractivity contribution in [1.29, 1.82) is 0 Å². The van der Waals surface area contributed by atoms with E-state index in [4.69, 9.17) is 9.47 Å². The summed E-state index contributed by atoms with van der Waals surface area (Å²) in [6.45, 7) is 2.08. The van der Waals surface area contributed by atoms with Gasteiger partial charge in [-0.1, -0.05) is 0 Å². The molecule has 8 nitrogen and oxygen atoms in total. The molecular formula is C19H20N4O4. The van der Waals surface area contributed by atoms with Gasteiger partial charge < -0.3 is 25.0 Å². The van der Waals surface area contributed by atoms with Gasteiger partial charge in [-0.15, -0.1) is 0 Å². The van der Waals surface area contributed by atoms with Crippen molar-refractivity contribution in [3.05, 3.63) is 42.1 Å². The number of nitrogens with one attached hydrogen (secondary N) is 2. The number of anilines is 2. The van der Waals surface area contributed by atoms with Gasteiger partial charge in [0, 0.05) is 18.7 Å². The van der Waals surface area contributed by atoms with Gasteiger partial charge in [-0.25, -0.2) is 4.98 Å². The molecule has 0 radical (unpaired) electrons. The number of hydrogen-bond acceptors (Lipinski definition) is 6. The third-order valence-electron chi connectivity index (χ3n) is 4.53. The Balaban J connectivity index is 1.28. The molecule has 2 aliphatic heterocycles. The summed E-state index contributed by atoms with van der Waals surface area (Å²) in [5.74, 6) is 0.883. The molecule has 0 saturated carbocycles. The molecule has 2 aliphatic rings. The lowest BCUT2D eigenvalue weighted by molar-refractivity contribution is -0.115. The predicted molar refractivity (Wildman–Crippen MR) is 99.2 cm³/mol. The van der Waals surface area contributed by atoms with E-state index in [1.165, 1.54) is 12.8 Å². The van der Waals surface area contributed by atoms with Gasteiger partial charge in [-0.3, -0.25) is 9.59 Å². The summed E-state index contributed by atoms with van der Waals surface area (Å²) in [4.78, 5) is 30.8. The van der Waals surface area contributed by atoms with Crippen molar-refractivity contribution >= 4 is 23.3 Å². The molecule has 2 amide bonds. The van der Waals surface area contributed by atoms with E-state index >= 15 is 0 Å². The lowest BCUT2D eigenvalue weighted by Crippen LogP contribution is -2.33. The Labute approximate surface area is 156 Å². The number of fused-ring (bicyclic) bond motifs is 1. The molecule has 1 aromatic carbocycles. The number of rotatable bonds is 5. The van der Waals surface area contributed by atoms with Crippen molar-refractivity contribution in [3.63, 3.8) is 0 Å². The zero-order chi connectivity index (χ0) is 18.6. The molecule has 1 fully saturated rings. The molecule has 27 heavy (non-hydrogen) atoms. The van der Waals surface area contributed by atoms with Gasteiger partial charge in [-0.05, 0) is 43.2 Å². The van der Waals surface area contributed by atoms with Crippen LogP contribution in [-0.4, -0.2) is 43.2 Å². The monoisotopic (exact) mass is 368 g/mol. The van der Waals surface area contributed by atoms with E-state index in [0.29, 0.717) is 22.9 Å². The van der Waals surface area contributed by atoms with Gasteiger partial charge in [0.2, 0.25) is 12.7 Å². The second-order valence-corrected chi connectivity index (χ2v) is 6.39. The van der Waals surface area contributed by atoms with Crippen LogP contribution in [0, 0.1) is 0 Å². The number of ether oxygens (including phenoxy) is 2. The third kappa shape index (κ3) is 3.94. The van der Waals surface area contributed by atoms with E-state index in [0.717, 1.165) is 18.8 Å². The van der Waals surface area contributed by atoms with E-state index in [-0.39, 0.29) is 25.2 Å². The van der Waals surface area contributed by atoms with Crippen molar-refractivity contribution in [3.8, 4) is 11.5 Å². The van der Waals surface area contributed by atoms with Crippen molar-refractivity contribution < 1.29 is 19.1 Å². The van der Waals surface area contributed by atoms with Gasteiger partial charge in [0.15, 0.2) is 11.5 Å². The number of carbonyl (C=O) groups excluding carboxylic acids is 2. The van der Waals surface area contributed by atoms with Gasteiger partial charge in [0.25, 0.3) is 5.91 Å². The van der Waals surface area contributed by atoms with Crippen LogP contribution in [-0.2, 0) is 4.79 Å². The SMILES string of the molecule is O=C(CNC(=O)c1ccc2c(c1)OCO2)Nc1ccc(N2CCCC2)cn1. The van der Waals surface area contributed by atoms with Crippen LogP contribution < -0.4 is 25.0 Å². The Morgan fingerprint density at radius 1 is 1.07 bits per heavy atom. The molecule has 0 bridgehead atoms. The quantitative estimate of drug-likeness (QED) is 0.836. The molecule has 3 heterocycles. The van der Waals surface area contributed by atoms with Gasteiger partial charge in [0.05, 0.1) is 18.4 Å². The minimum absolute atomic E-state index is 0.145. The van der Waals surface area contributed by atoms with Gasteiger partial charge >= 0.3 is 0 Å². The molecular weight excluding hydrogens is 348 g/mol. The maximum Gasteiger partial charge on any atom is 0.251 e. The lowest BCUT2D eigenvalue weighted by atomic mass is 10.2. The first-order valence-electron chi connectivity index (χ1n) is 8.88. The Morgan fingerprint density at radius 3 is 2.67 bits per heavy atom. The summed E-state index contributed by atoms with van der Waals surface area (Å²) < 4.78 is 10.5. The molecule has 4 rings (SSSR count). The molecule has 1 saturated heterocycles. The van der Waals surface area contributed by atoms with Crippen molar-refractivity contribution in [1.82, 2.24) is 10.3 Å². The largest absolute Gasteiger partial charge is 0.454 e. The topological polar surface area (TPSA) is 92.8 Å². The molecule has 0 aliphatic carbocycles. The maximum atomic E-state index is 12.2. The summed E-state index contributed by atoms with van der Waals surface area (Å²) in [7, 11) is 0. The normalized spacial score (nSPS) is 14.9. The average Bonchev–Trinajstić information content (AvgIpc) is 3.38.